The summed E-state index contributed by atoms with van der Waals surface area (Å²) in [6.07, 6.45) is 28.7. The molecule has 5 heterocycles. The first-order chi connectivity index (χ1) is 55.0. The summed E-state index contributed by atoms with van der Waals surface area (Å²) in [6, 6.07) is 0.465. The van der Waals surface area contributed by atoms with Crippen LogP contribution in [0.3, 0.4) is 0 Å². The van der Waals surface area contributed by atoms with Crippen LogP contribution in [-0.4, -0.2) is 182 Å². The number of aromatic nitrogens is 3. The Kier molecular flexibility index (Phi) is 73.7. The van der Waals surface area contributed by atoms with Crippen molar-refractivity contribution >= 4 is 59.7 Å². The molecule has 2 saturated carbocycles. The van der Waals surface area contributed by atoms with E-state index < -0.39 is 35.4 Å². The predicted molar refractivity (Wildman–Crippen MR) is 505 cm³/mol. The van der Waals surface area contributed by atoms with Gasteiger partial charge in [0.25, 0.3) is 5.92 Å². The average molecular weight is 1770 g/mol. The fourth-order valence-corrected chi connectivity index (χ4v) is 15.3. The maximum atomic E-state index is 12.2. The highest BCUT2D eigenvalue weighted by Crippen LogP contribution is 2.51. The van der Waals surface area contributed by atoms with Crippen molar-refractivity contribution in [3.8, 4) is 0 Å². The second-order valence-electron chi connectivity index (χ2n) is 39.3. The van der Waals surface area contributed by atoms with Gasteiger partial charge in [0.05, 0.1) is 47.0 Å². The Labute approximate surface area is 736 Å². The summed E-state index contributed by atoms with van der Waals surface area (Å²) in [7, 11) is 0.714. The zero-order valence-electron chi connectivity index (χ0n) is 83.6. The third-order valence-corrected chi connectivity index (χ3v) is 23.4. The molecule has 2 aromatic rings. The van der Waals surface area contributed by atoms with Gasteiger partial charge >= 0.3 is 0 Å². The van der Waals surface area contributed by atoms with Crippen LogP contribution < -0.4 is 16.0 Å². The maximum Gasteiger partial charge on any atom is 0.251 e. The van der Waals surface area contributed by atoms with E-state index in [9.17, 15) is 53.5 Å². The molecule has 6 atom stereocenters. The Morgan fingerprint density at radius 2 is 1.08 bits per heavy atom. The number of methoxy groups -OCH3 is 2. The van der Waals surface area contributed by atoms with Crippen LogP contribution in [0.25, 0.3) is 0 Å². The number of hydrogen-bond donors (Lipinski definition) is 5. The number of alkyl halides is 2. The number of nitrogens with zero attached hydrogens (tertiary/aromatic N) is 4. The quantitative estimate of drug-likeness (QED) is 0.0336. The smallest absolute Gasteiger partial charge is 0.251 e. The number of carbonyl (C=O) groups excluding carboxylic acids is 3. The van der Waals surface area contributed by atoms with Gasteiger partial charge in [0, 0.05) is 114 Å². The van der Waals surface area contributed by atoms with Gasteiger partial charge in [-0.1, -0.05) is 210 Å². The summed E-state index contributed by atoms with van der Waals surface area (Å²) in [5.41, 5.74) is 3.31. The molecule has 714 valence electrons. The summed E-state index contributed by atoms with van der Waals surface area (Å²) in [4.78, 5) is 39.4. The molecule has 3 aliphatic heterocycles. The lowest BCUT2D eigenvalue weighted by atomic mass is 9.97. The number of halogens is 2. The minimum absolute atomic E-state index is 0.130. The molecular formula is C94H189F2N8O13S3+. The molecule has 2 aliphatic carbocycles. The maximum absolute atomic E-state index is 12.2. The number of imidazole rings is 1. The van der Waals surface area contributed by atoms with E-state index in [2.05, 4.69) is 167 Å². The summed E-state index contributed by atoms with van der Waals surface area (Å²) >= 11 is 0. The number of amides is 3. The number of sulfone groups is 3. The van der Waals surface area contributed by atoms with E-state index in [1.165, 1.54) is 49.5 Å². The summed E-state index contributed by atoms with van der Waals surface area (Å²) in [6.45, 7) is 65.1. The van der Waals surface area contributed by atoms with Gasteiger partial charge in [-0.2, -0.15) is 0 Å². The number of aromatic amines is 1. The Morgan fingerprint density at radius 3 is 1.34 bits per heavy atom. The third-order valence-electron chi connectivity index (χ3n) is 19.6. The van der Waals surface area contributed by atoms with Crippen molar-refractivity contribution in [2.45, 2.75) is 347 Å². The lowest BCUT2D eigenvalue weighted by Gasteiger charge is -2.12. The van der Waals surface area contributed by atoms with Crippen molar-refractivity contribution in [3.05, 3.63) is 35.2 Å². The van der Waals surface area contributed by atoms with Gasteiger partial charge in [-0.15, -0.1) is 0 Å². The molecule has 0 radical (unpaired) electrons. The molecule has 5 N–H and O–H groups in total. The molecule has 0 bridgehead atoms. The number of ether oxygens (including phenoxy) is 2. The molecule has 4 fully saturated rings. The molecule has 120 heavy (non-hydrogen) atoms. The standard InChI is InChI=1S/C9H15NO.C8H15N2.C8H15NO.C8H16O2S.C7H12F2.C7H12N2.2C7H15NO.C7H16O2S.C7H14O.C7H16O.C6H14O2S.C6H14O/c1-6(2)5-9-7(3)10-11-8(9)4;1-7(2)4-8-5-9-10(3)6-8;1-6(2)5-7-3-4-8(10)9-7;1-7(2)5-8-3-4-11(9,10)6-8;1-5(2)3-6-4-7(6,8)9;1-6(2)3-7-4-8-5-9-7;2*1-5(2)6(3)7(9)8-4;1-7(2)5-4-6-10(3,8)9;1-6(2)5-7(8)3-4-7;1-7(2)5-4-6-8-3;1-6(2)4-5-9(3,7)8;1-6(2)4-5-7-3/h6H,5H2,1-4H3;5-8H,4H2,1-3H3;6-7H,3-5H2,1-2H3,(H,9,10);7-8H,3-6H2,1-2H3;5-6H,3-4H2,1-2H3;4-6H,3H2,1-2H3,(H,8,9);2*5-6H,1-4H3,(H,8,9);7H,4-6H2,1-3H3;6,8H,3-5H2,1-2H3;7H,4-6H2,1-3H3;6H,4-5H2,1-3H3;6H,4-5H2,1-3H3/q;+1;;;;;;;;;;;/t;;7-;;;;2*6-;;;;;/m..1...10...../s1. The van der Waals surface area contributed by atoms with Crippen LogP contribution in [0.4, 0.5) is 8.78 Å². The van der Waals surface area contributed by atoms with E-state index in [1.54, 1.807) is 34.6 Å². The van der Waals surface area contributed by atoms with Crippen molar-refractivity contribution in [3.63, 3.8) is 0 Å². The van der Waals surface area contributed by atoms with Crippen LogP contribution in [0.2, 0.25) is 0 Å². The highest BCUT2D eigenvalue weighted by molar-refractivity contribution is 7.91. The van der Waals surface area contributed by atoms with E-state index in [0.29, 0.717) is 106 Å². The number of nitrogens with one attached hydrogen (secondary N) is 4. The normalized spacial score (nSPS) is 17.8. The molecule has 5 aliphatic rings. The minimum atomic E-state index is -2.72. The Morgan fingerprint density at radius 1 is 0.625 bits per heavy atom. The summed E-state index contributed by atoms with van der Waals surface area (Å²) < 4.78 is 105. The molecule has 2 aromatic heterocycles. The first-order valence-corrected chi connectivity index (χ1v) is 51.3. The highest BCUT2D eigenvalue weighted by atomic mass is 32.2. The SMILES string of the molecule is CC(C)CC1(O)CC1.CC(C)CC1C=N[N+](C)=C1.CC(C)CC1CC1(F)F.CC(C)CC1CCS(=O)(=O)C1.CC(C)CCCS(C)(=O)=O.CC(C)CCS(C)(=O)=O.CC(C)C[C@H]1CCC(=O)N1.CC(C)Cc1cnc[nH]1.CNC(=O)[C@@H](C)C(C)C.CNC(=O)[C@H](C)C(C)C.COCCC(C)C.COCCCC(C)C.Cc1noc(C)c1CC(C)C. The first-order valence-electron chi connectivity index (χ1n) is 45.3. The number of carbonyl (C=O) groups is 3. The zero-order chi connectivity index (χ0) is 94.7. The van der Waals surface area contributed by atoms with Crippen LogP contribution in [0.5, 0.6) is 0 Å². The van der Waals surface area contributed by atoms with Crippen LogP contribution in [-0.2, 0) is 66.2 Å². The van der Waals surface area contributed by atoms with Crippen molar-refractivity contribution in [1.82, 2.24) is 31.1 Å². The lowest BCUT2D eigenvalue weighted by molar-refractivity contribution is -0.494. The number of hydrogen-bond acceptors (Lipinski definition) is 16. The van der Waals surface area contributed by atoms with E-state index in [0.717, 1.165) is 126 Å². The topological polar surface area (TPSA) is 298 Å². The highest BCUT2D eigenvalue weighted by Gasteiger charge is 2.56. The second kappa shape index (κ2) is 69.9. The van der Waals surface area contributed by atoms with Gasteiger partial charge < -0.3 is 40.0 Å². The first kappa shape index (κ1) is 127. The molecule has 3 amide bonds. The fraction of sp³-hybridized carbons (Fsp3) is 0.883. The second-order valence-corrected chi connectivity index (χ2v) is 46.0. The van der Waals surface area contributed by atoms with Crippen molar-refractivity contribution < 1.29 is 72.2 Å². The van der Waals surface area contributed by atoms with Crippen LogP contribution in [0.1, 0.15) is 326 Å². The summed E-state index contributed by atoms with van der Waals surface area (Å²) in [5.74, 6) is 9.79. The Hall–Kier alpha value is -4.24. The van der Waals surface area contributed by atoms with E-state index in [-0.39, 0.29) is 47.5 Å². The Bertz CT molecular complexity index is 3210. The van der Waals surface area contributed by atoms with E-state index in [4.69, 9.17) is 14.0 Å². The Balaban J connectivity index is -0.000000294. The molecule has 21 nitrogen and oxygen atoms in total. The van der Waals surface area contributed by atoms with Gasteiger partial charge in [0.15, 0.2) is 23.1 Å². The molecule has 7 rings (SSSR count). The van der Waals surface area contributed by atoms with Crippen molar-refractivity contribution in [2.75, 3.05) is 84.1 Å². The minimum Gasteiger partial charge on any atom is -0.390 e. The molecular weight excluding hydrogens is 1580 g/mol. The van der Waals surface area contributed by atoms with Crippen LogP contribution >= 0.6 is 0 Å². The number of H-pyrrole nitrogens is 1. The predicted octanol–water partition coefficient (Wildman–Crippen LogP) is 20.8. The average Bonchev–Trinajstić information content (AvgIpc) is 1.64. The third kappa shape index (κ3) is 85.9. The largest absolute Gasteiger partial charge is 0.390 e. The molecule has 2 saturated heterocycles. The van der Waals surface area contributed by atoms with Crippen LogP contribution in [0.15, 0.2) is 22.1 Å². The van der Waals surface area contributed by atoms with Crippen molar-refractivity contribution in [2.24, 2.45) is 112 Å². The van der Waals surface area contributed by atoms with Crippen molar-refractivity contribution in [1.29, 1.82) is 0 Å². The molecule has 0 spiro atoms. The molecule has 0 aromatic carbocycles. The number of hydrazone groups is 1. The number of aryl methyl sites for hydroxylation is 2. The summed E-state index contributed by atoms with van der Waals surface area (Å²) in [5, 5.41) is 25.5. The molecule has 26 heteroatoms. The van der Waals surface area contributed by atoms with Gasteiger partial charge in [0.1, 0.15) is 25.4 Å². The van der Waals surface area contributed by atoms with Gasteiger partial charge in [-0.05, 0) is 205 Å². The van der Waals surface area contributed by atoms with E-state index >= 15 is 0 Å². The lowest BCUT2D eigenvalue weighted by Crippen LogP contribution is -2.28. The zero-order valence-corrected chi connectivity index (χ0v) is 86.0. The number of aliphatic hydroxyl groups is 1. The van der Waals surface area contributed by atoms with Gasteiger partial charge in [0.2, 0.25) is 17.7 Å². The monoisotopic (exact) mass is 1770 g/mol. The van der Waals surface area contributed by atoms with Crippen LogP contribution in [0, 0.1) is 120 Å². The molecule has 3 unspecified atom stereocenters. The fourth-order valence-electron chi connectivity index (χ4n) is 11.9. The van der Waals surface area contributed by atoms with E-state index in [1.807, 2.05) is 107 Å². The number of rotatable bonds is 32. The van der Waals surface area contributed by atoms with Gasteiger partial charge in [-0.3, -0.25) is 14.4 Å². The van der Waals surface area contributed by atoms with Gasteiger partial charge in [-0.25, -0.2) is 39.0 Å².